The van der Waals surface area contributed by atoms with Crippen molar-refractivity contribution in [2.24, 2.45) is 24.8 Å². The van der Waals surface area contributed by atoms with Crippen molar-refractivity contribution in [1.82, 2.24) is 20.1 Å². The van der Waals surface area contributed by atoms with Gasteiger partial charge in [-0.2, -0.15) is 5.10 Å². The van der Waals surface area contributed by atoms with E-state index in [-0.39, 0.29) is 11.4 Å². The maximum Gasteiger partial charge on any atom is 0.252 e. The highest BCUT2D eigenvalue weighted by atomic mass is 16.1. The molecule has 0 saturated heterocycles. The van der Waals surface area contributed by atoms with Gasteiger partial charge in [-0.15, -0.1) is 0 Å². The van der Waals surface area contributed by atoms with Crippen molar-refractivity contribution in [3.8, 4) is 0 Å². The highest BCUT2D eigenvalue weighted by Crippen LogP contribution is 2.55. The van der Waals surface area contributed by atoms with Crippen molar-refractivity contribution in [3.63, 3.8) is 0 Å². The molecule has 5 heteroatoms. The number of nitrogens with one attached hydrogen (secondary N) is 1. The van der Waals surface area contributed by atoms with Gasteiger partial charge in [-0.05, 0) is 75.2 Å². The van der Waals surface area contributed by atoms with Gasteiger partial charge in [0.2, 0.25) is 0 Å². The lowest BCUT2D eigenvalue weighted by Gasteiger charge is -2.56. The van der Waals surface area contributed by atoms with Crippen LogP contribution in [0.15, 0.2) is 12.3 Å². The first-order valence-corrected chi connectivity index (χ1v) is 10.2. The van der Waals surface area contributed by atoms with Crippen LogP contribution < -0.4 is 5.32 Å². The van der Waals surface area contributed by atoms with Crippen LogP contribution in [0.5, 0.6) is 0 Å². The standard InChI is InChI=1S/C21H26N4O/c1-25-19-17(11-22-25)16(7-18(23-19)15-2-3-15)20(26)24-21-8-12-4-13(9-21)6-14(5-12)10-21/h7,11-15H,2-6,8-10H2,1H3,(H,24,26). The SMILES string of the molecule is Cn1ncc2c(C(=O)NC34CC5CC(CC(C5)C3)C4)cc(C3CC3)nc21. The second-order valence-corrected chi connectivity index (χ2v) is 9.53. The second kappa shape index (κ2) is 5.08. The van der Waals surface area contributed by atoms with E-state index >= 15 is 0 Å². The summed E-state index contributed by atoms with van der Waals surface area (Å²) in [5.41, 5.74) is 2.73. The largest absolute Gasteiger partial charge is 0.347 e. The van der Waals surface area contributed by atoms with Gasteiger partial charge in [-0.1, -0.05) is 0 Å². The van der Waals surface area contributed by atoms with Crippen molar-refractivity contribution >= 4 is 16.9 Å². The van der Waals surface area contributed by atoms with Crippen molar-refractivity contribution in [2.45, 2.75) is 62.8 Å². The van der Waals surface area contributed by atoms with Gasteiger partial charge in [0, 0.05) is 24.2 Å². The molecule has 0 aliphatic heterocycles. The van der Waals surface area contributed by atoms with Gasteiger partial charge >= 0.3 is 0 Å². The number of fused-ring (bicyclic) bond motifs is 1. The van der Waals surface area contributed by atoms with Crippen LogP contribution in [0.3, 0.4) is 0 Å². The predicted octanol–water partition coefficient (Wildman–Crippen LogP) is 3.54. The molecule has 5 nitrogen and oxygen atoms in total. The van der Waals surface area contributed by atoms with Gasteiger partial charge in [0.05, 0.1) is 17.1 Å². The zero-order valence-corrected chi connectivity index (χ0v) is 15.4. The van der Waals surface area contributed by atoms with Gasteiger partial charge in [0.1, 0.15) is 0 Å². The summed E-state index contributed by atoms with van der Waals surface area (Å²) in [5, 5.41) is 8.77. The average molecular weight is 350 g/mol. The minimum absolute atomic E-state index is 0.0450. The molecule has 1 amide bonds. The maximum atomic E-state index is 13.4. The number of hydrogen-bond donors (Lipinski definition) is 1. The highest BCUT2D eigenvalue weighted by Gasteiger charge is 2.51. The van der Waals surface area contributed by atoms with Crippen LogP contribution in [0.25, 0.3) is 11.0 Å². The Bertz CT molecular complexity index is 875. The fourth-order valence-electron chi connectivity index (χ4n) is 6.48. The van der Waals surface area contributed by atoms with E-state index in [1.807, 2.05) is 13.1 Å². The van der Waals surface area contributed by atoms with Crippen molar-refractivity contribution in [1.29, 1.82) is 0 Å². The monoisotopic (exact) mass is 350 g/mol. The molecule has 1 N–H and O–H groups in total. The number of rotatable bonds is 3. The molecule has 0 aromatic carbocycles. The normalized spacial score (nSPS) is 35.2. The van der Waals surface area contributed by atoms with E-state index in [0.717, 1.165) is 40.0 Å². The topological polar surface area (TPSA) is 59.8 Å². The van der Waals surface area contributed by atoms with E-state index in [1.165, 1.54) is 51.4 Å². The van der Waals surface area contributed by atoms with E-state index in [4.69, 9.17) is 4.98 Å². The lowest BCUT2D eigenvalue weighted by atomic mass is 9.53. The van der Waals surface area contributed by atoms with Crippen LogP contribution in [0.4, 0.5) is 0 Å². The Labute approximate surface area is 153 Å². The molecule has 5 aliphatic carbocycles. The highest BCUT2D eigenvalue weighted by molar-refractivity contribution is 6.05. The summed E-state index contributed by atoms with van der Waals surface area (Å²) in [5.74, 6) is 3.12. The molecule has 2 aromatic heterocycles. The van der Waals surface area contributed by atoms with E-state index in [9.17, 15) is 4.79 Å². The first-order chi connectivity index (χ1) is 12.6. The molecule has 0 atom stereocenters. The molecule has 7 rings (SSSR count). The number of carbonyl (C=O) groups excluding carboxylic acids is 1. The number of aryl methyl sites for hydroxylation is 1. The third-order valence-corrected chi connectivity index (χ3v) is 7.38. The number of carbonyl (C=O) groups is 1. The lowest BCUT2D eigenvalue weighted by molar-refractivity contribution is -0.0166. The van der Waals surface area contributed by atoms with Crippen LogP contribution >= 0.6 is 0 Å². The summed E-state index contributed by atoms with van der Waals surface area (Å²) in [4.78, 5) is 18.2. The maximum absolute atomic E-state index is 13.4. The molecule has 0 spiro atoms. The fraction of sp³-hybridized carbons (Fsp3) is 0.667. The zero-order valence-electron chi connectivity index (χ0n) is 15.4. The Hall–Kier alpha value is -1.91. The van der Waals surface area contributed by atoms with Crippen LogP contribution in [0.2, 0.25) is 0 Å². The molecular formula is C21H26N4O. The molecule has 0 unspecified atom stereocenters. The van der Waals surface area contributed by atoms with Crippen LogP contribution in [0.1, 0.15) is 73.3 Å². The van der Waals surface area contributed by atoms with E-state index < -0.39 is 0 Å². The van der Waals surface area contributed by atoms with Crippen LogP contribution in [-0.2, 0) is 7.05 Å². The van der Waals surface area contributed by atoms with Gasteiger partial charge in [0.15, 0.2) is 5.65 Å². The summed E-state index contributed by atoms with van der Waals surface area (Å²) in [6.45, 7) is 0. The Morgan fingerprint density at radius 1 is 1.15 bits per heavy atom. The average Bonchev–Trinajstić information content (AvgIpc) is 3.37. The van der Waals surface area contributed by atoms with Gasteiger partial charge < -0.3 is 5.32 Å². The minimum atomic E-state index is 0.0450. The fourth-order valence-corrected chi connectivity index (χ4v) is 6.48. The third-order valence-electron chi connectivity index (χ3n) is 7.38. The Balaban J connectivity index is 1.37. The summed E-state index contributed by atoms with van der Waals surface area (Å²) in [7, 11) is 1.91. The third kappa shape index (κ3) is 2.25. The summed E-state index contributed by atoms with van der Waals surface area (Å²) in [6.07, 6.45) is 11.9. The smallest absolute Gasteiger partial charge is 0.252 e. The Morgan fingerprint density at radius 2 is 1.81 bits per heavy atom. The number of nitrogens with zero attached hydrogens (tertiary/aromatic N) is 3. The number of hydrogen-bond acceptors (Lipinski definition) is 3. The van der Waals surface area contributed by atoms with Gasteiger partial charge in [0.25, 0.3) is 5.91 Å². The minimum Gasteiger partial charge on any atom is -0.347 e. The number of aromatic nitrogens is 3. The molecule has 5 fully saturated rings. The first kappa shape index (κ1) is 15.2. The molecule has 0 radical (unpaired) electrons. The van der Waals surface area contributed by atoms with Crippen molar-refractivity contribution in [2.75, 3.05) is 0 Å². The van der Waals surface area contributed by atoms with E-state index in [0.29, 0.717) is 5.92 Å². The second-order valence-electron chi connectivity index (χ2n) is 9.53. The number of amides is 1. The Morgan fingerprint density at radius 3 is 2.42 bits per heavy atom. The number of pyridine rings is 1. The summed E-state index contributed by atoms with van der Waals surface area (Å²) < 4.78 is 1.79. The van der Waals surface area contributed by atoms with Crippen LogP contribution in [-0.4, -0.2) is 26.2 Å². The zero-order chi connectivity index (χ0) is 17.5. The van der Waals surface area contributed by atoms with Gasteiger partial charge in [-0.25, -0.2) is 4.98 Å². The van der Waals surface area contributed by atoms with Crippen molar-refractivity contribution < 1.29 is 4.79 Å². The quantitative estimate of drug-likeness (QED) is 0.921. The van der Waals surface area contributed by atoms with Crippen LogP contribution in [0, 0.1) is 17.8 Å². The lowest BCUT2D eigenvalue weighted by Crippen LogP contribution is -2.59. The van der Waals surface area contributed by atoms with E-state index in [2.05, 4.69) is 10.4 Å². The molecule has 2 aromatic rings. The summed E-state index contributed by atoms with van der Waals surface area (Å²) >= 11 is 0. The van der Waals surface area contributed by atoms with Crippen molar-refractivity contribution in [3.05, 3.63) is 23.5 Å². The summed E-state index contributed by atoms with van der Waals surface area (Å²) in [6, 6.07) is 2.04. The molecule has 5 saturated carbocycles. The molecule has 26 heavy (non-hydrogen) atoms. The molecule has 136 valence electrons. The van der Waals surface area contributed by atoms with Gasteiger partial charge in [-0.3, -0.25) is 9.48 Å². The molecule has 5 aliphatic rings. The predicted molar refractivity (Wildman–Crippen MR) is 98.9 cm³/mol. The molecule has 4 bridgehead atoms. The molecular weight excluding hydrogens is 324 g/mol. The molecule has 2 heterocycles. The first-order valence-electron chi connectivity index (χ1n) is 10.2. The van der Waals surface area contributed by atoms with E-state index in [1.54, 1.807) is 10.9 Å². The Kier molecular flexibility index (Phi) is 2.97.